The third kappa shape index (κ3) is 3.46. The van der Waals surface area contributed by atoms with Crippen LogP contribution >= 0.6 is 0 Å². The highest BCUT2D eigenvalue weighted by atomic mass is 32.2. The highest BCUT2D eigenvalue weighted by Crippen LogP contribution is 2.20. The van der Waals surface area contributed by atoms with Crippen LogP contribution < -0.4 is 0 Å². The molecule has 2 unspecified atom stereocenters. The minimum atomic E-state index is -1.90. The third-order valence-corrected chi connectivity index (χ3v) is 6.49. The second-order valence-corrected chi connectivity index (χ2v) is 10.5. The lowest BCUT2D eigenvalue weighted by Crippen LogP contribution is -2.53. The second-order valence-electron chi connectivity index (χ2n) is 3.99. The summed E-state index contributed by atoms with van der Waals surface area (Å²) in [4.78, 5) is 0. The van der Waals surface area contributed by atoms with Crippen molar-refractivity contribution in [3.63, 3.8) is 0 Å². The number of hydrogen-bond donors (Lipinski definition) is 2. The summed E-state index contributed by atoms with van der Waals surface area (Å²) in [5, 5.41) is 8.78. The van der Waals surface area contributed by atoms with Gasteiger partial charge >= 0.3 is 0 Å². The molecule has 0 rings (SSSR count). The average molecular weight is 196 g/mol. The van der Waals surface area contributed by atoms with Gasteiger partial charge in [-0.15, -0.1) is 0 Å². The van der Waals surface area contributed by atoms with Crippen LogP contribution in [0.1, 0.15) is 6.92 Å². The highest BCUT2D eigenvalue weighted by molar-refractivity contribution is 7.79. The van der Waals surface area contributed by atoms with E-state index in [9.17, 15) is 9.32 Å². The first kappa shape index (κ1) is 11.3. The molecule has 0 heterocycles. The van der Waals surface area contributed by atoms with Crippen molar-refractivity contribution in [3.8, 4) is 0 Å². The first-order valence-corrected chi connectivity index (χ1v) is 8.24. The Labute approximate surface area is 71.1 Å². The van der Waals surface area contributed by atoms with Gasteiger partial charge < -0.3 is 9.66 Å². The molecule has 0 bridgehead atoms. The smallest absolute Gasteiger partial charge is 0.155 e. The van der Waals surface area contributed by atoms with E-state index in [0.717, 1.165) is 0 Å². The molecule has 2 atom stereocenters. The fourth-order valence-electron chi connectivity index (χ4n) is 0.457. The zero-order chi connectivity index (χ0) is 9.28. The molecule has 68 valence electrons. The van der Waals surface area contributed by atoms with Crippen LogP contribution in [0.15, 0.2) is 0 Å². The van der Waals surface area contributed by atoms with Gasteiger partial charge in [-0.05, 0) is 6.92 Å². The van der Waals surface area contributed by atoms with E-state index in [4.69, 9.17) is 4.55 Å². The van der Waals surface area contributed by atoms with Crippen LogP contribution in [0.5, 0.6) is 0 Å². The summed E-state index contributed by atoms with van der Waals surface area (Å²) < 4.78 is 19.0. The highest BCUT2D eigenvalue weighted by Gasteiger charge is 2.38. The Kier molecular flexibility index (Phi) is 3.43. The second kappa shape index (κ2) is 3.34. The van der Waals surface area contributed by atoms with Gasteiger partial charge in [0, 0.05) is 0 Å². The van der Waals surface area contributed by atoms with Crippen molar-refractivity contribution in [2.24, 2.45) is 0 Å². The quantitative estimate of drug-likeness (QED) is 0.519. The number of rotatable bonds is 3. The molecule has 0 spiro atoms. The Balaban J connectivity index is 4.34. The lowest BCUT2D eigenvalue weighted by molar-refractivity contribution is 0.159. The van der Waals surface area contributed by atoms with Crippen LogP contribution in [0.4, 0.5) is 0 Å². The molecule has 0 aliphatic heterocycles. The molecule has 0 saturated heterocycles. The predicted octanol–water partition coefficient (Wildman–Crippen LogP) is 0.837. The minimum absolute atomic E-state index is 0.0390. The van der Waals surface area contributed by atoms with Gasteiger partial charge in [-0.25, -0.2) is 4.21 Å². The van der Waals surface area contributed by atoms with E-state index in [1.54, 1.807) is 6.92 Å². The van der Waals surface area contributed by atoms with Gasteiger partial charge in [-0.3, -0.25) is 0 Å². The molecule has 11 heavy (non-hydrogen) atoms. The van der Waals surface area contributed by atoms with Gasteiger partial charge in [-0.2, -0.15) is 0 Å². The van der Waals surface area contributed by atoms with E-state index in [1.807, 2.05) is 19.6 Å². The maximum absolute atomic E-state index is 10.4. The Hall–Kier alpha value is 0.287. The van der Waals surface area contributed by atoms with E-state index in [1.165, 1.54) is 0 Å². The van der Waals surface area contributed by atoms with E-state index in [2.05, 4.69) is 0 Å². The summed E-state index contributed by atoms with van der Waals surface area (Å²) in [6.07, 6.45) is 0. The number of aliphatic hydroxyl groups is 1. The van der Waals surface area contributed by atoms with Crippen LogP contribution in [-0.4, -0.2) is 32.9 Å². The summed E-state index contributed by atoms with van der Waals surface area (Å²) in [5.74, 6) is -0.0390. The molecule has 0 saturated carbocycles. The van der Waals surface area contributed by atoms with E-state index >= 15 is 0 Å². The van der Waals surface area contributed by atoms with Crippen molar-refractivity contribution in [1.29, 1.82) is 0 Å². The molecular weight excluding hydrogens is 180 g/mol. The van der Waals surface area contributed by atoms with Gasteiger partial charge in [0.2, 0.25) is 0 Å². The van der Waals surface area contributed by atoms with Crippen LogP contribution in [0.3, 0.4) is 0 Å². The zero-order valence-electron chi connectivity index (χ0n) is 7.42. The van der Waals surface area contributed by atoms with Crippen LogP contribution in [0, 0.1) is 0 Å². The SMILES string of the molecule is CC(O)(CS(=O)O)[Si](C)(C)C. The van der Waals surface area contributed by atoms with Crippen molar-refractivity contribution in [1.82, 2.24) is 0 Å². The fourth-order valence-corrected chi connectivity index (χ4v) is 3.04. The molecular formula is C6H16O3SSi. The maximum atomic E-state index is 10.4. The van der Waals surface area contributed by atoms with Gasteiger partial charge in [0.1, 0.15) is 0 Å². The molecule has 0 fully saturated rings. The molecule has 0 aromatic carbocycles. The van der Waals surface area contributed by atoms with E-state index in [-0.39, 0.29) is 5.75 Å². The van der Waals surface area contributed by atoms with Gasteiger partial charge in [-0.1, -0.05) is 19.6 Å². The summed E-state index contributed by atoms with van der Waals surface area (Å²) in [7, 11) is -1.75. The zero-order valence-corrected chi connectivity index (χ0v) is 9.23. The summed E-state index contributed by atoms with van der Waals surface area (Å²) in [5.41, 5.74) is 0. The molecule has 3 nitrogen and oxygen atoms in total. The van der Waals surface area contributed by atoms with E-state index < -0.39 is 24.4 Å². The largest absolute Gasteiger partial charge is 0.393 e. The monoisotopic (exact) mass is 196 g/mol. The molecule has 0 aromatic rings. The van der Waals surface area contributed by atoms with Crippen molar-refractivity contribution in [2.45, 2.75) is 31.8 Å². The minimum Gasteiger partial charge on any atom is -0.393 e. The average Bonchev–Trinajstić information content (AvgIpc) is 1.56. The van der Waals surface area contributed by atoms with Crippen molar-refractivity contribution >= 4 is 19.2 Å². The molecule has 5 heteroatoms. The third-order valence-electron chi connectivity index (χ3n) is 2.02. The predicted molar refractivity (Wildman–Crippen MR) is 49.6 cm³/mol. The van der Waals surface area contributed by atoms with Crippen molar-refractivity contribution < 1.29 is 13.9 Å². The fraction of sp³-hybridized carbons (Fsp3) is 1.00. The molecule has 0 aromatic heterocycles. The van der Waals surface area contributed by atoms with Crippen LogP contribution in [0.2, 0.25) is 19.6 Å². The Morgan fingerprint density at radius 3 is 1.91 bits per heavy atom. The lowest BCUT2D eigenvalue weighted by Gasteiger charge is -2.34. The van der Waals surface area contributed by atoms with Crippen molar-refractivity contribution in [2.75, 3.05) is 5.75 Å². The standard InChI is InChI=1S/C6H16O3SSi/c1-6(7,5-10(8)9)11(2,3)4/h7H,5H2,1-4H3,(H,8,9). The molecule has 0 radical (unpaired) electrons. The first-order valence-electron chi connectivity index (χ1n) is 3.47. The molecule has 0 aliphatic rings. The maximum Gasteiger partial charge on any atom is 0.155 e. The molecule has 2 N–H and O–H groups in total. The van der Waals surface area contributed by atoms with Gasteiger partial charge in [0.05, 0.1) is 19.1 Å². The molecule has 0 aliphatic carbocycles. The summed E-state index contributed by atoms with van der Waals surface area (Å²) in [6.45, 7) is 7.55. The Bertz CT molecular complexity index is 162. The normalized spacial score (nSPS) is 20.9. The van der Waals surface area contributed by atoms with Crippen LogP contribution in [-0.2, 0) is 11.1 Å². The van der Waals surface area contributed by atoms with Gasteiger partial charge in [0.25, 0.3) is 0 Å². The topological polar surface area (TPSA) is 57.5 Å². The van der Waals surface area contributed by atoms with E-state index in [0.29, 0.717) is 0 Å². The van der Waals surface area contributed by atoms with Crippen LogP contribution in [0.25, 0.3) is 0 Å². The Morgan fingerprint density at radius 1 is 1.45 bits per heavy atom. The molecule has 0 amide bonds. The number of hydrogen-bond acceptors (Lipinski definition) is 2. The summed E-state index contributed by atoms with van der Waals surface area (Å²) in [6, 6.07) is 0. The lowest BCUT2D eigenvalue weighted by atomic mass is 10.5. The van der Waals surface area contributed by atoms with Crippen molar-refractivity contribution in [3.05, 3.63) is 0 Å². The summed E-state index contributed by atoms with van der Waals surface area (Å²) >= 11 is -1.90. The Morgan fingerprint density at radius 2 is 1.82 bits per heavy atom. The van der Waals surface area contributed by atoms with Gasteiger partial charge in [0.15, 0.2) is 11.1 Å². The first-order chi connectivity index (χ1) is 4.67.